The Kier molecular flexibility index (Phi) is 6.50. The van der Waals surface area contributed by atoms with Crippen molar-refractivity contribution in [2.24, 2.45) is 0 Å². The van der Waals surface area contributed by atoms with Crippen LogP contribution in [0.4, 0.5) is 10.2 Å². The van der Waals surface area contributed by atoms with Crippen LogP contribution < -0.4 is 10.1 Å². The summed E-state index contributed by atoms with van der Waals surface area (Å²) in [6.07, 6.45) is 0.736. The van der Waals surface area contributed by atoms with Gasteiger partial charge in [0.2, 0.25) is 9.84 Å². The fourth-order valence-electron chi connectivity index (χ4n) is 3.47. The summed E-state index contributed by atoms with van der Waals surface area (Å²) < 4.78 is 47.6. The van der Waals surface area contributed by atoms with Crippen molar-refractivity contribution in [1.82, 2.24) is 4.57 Å². The number of ether oxygens (including phenoxy) is 1. The molecule has 31 heavy (non-hydrogen) atoms. The monoisotopic (exact) mass is 444 g/mol. The number of carbonyl (C=O) groups is 1. The molecule has 6 nitrogen and oxygen atoms in total. The second-order valence-electron chi connectivity index (χ2n) is 7.18. The molecule has 0 bridgehead atoms. The lowest BCUT2D eigenvalue weighted by atomic mass is 10.2. The van der Waals surface area contributed by atoms with Crippen molar-refractivity contribution in [3.8, 4) is 5.75 Å². The van der Waals surface area contributed by atoms with Crippen molar-refractivity contribution in [3.63, 3.8) is 0 Å². The first kappa shape index (κ1) is 22.6. The van der Waals surface area contributed by atoms with Gasteiger partial charge in [-0.25, -0.2) is 12.8 Å². The van der Waals surface area contributed by atoms with Crippen LogP contribution in [0.25, 0.3) is 0 Å². The first-order valence-corrected chi connectivity index (χ1v) is 11.3. The SMILES string of the molecule is CCCn1c(C)c(C)c(S(=O)(=O)c2ccc(OC)cc2)c1NC(=O)c1cccc(F)c1. The molecule has 0 saturated heterocycles. The standard InChI is InChI=1S/C23H25FN2O4S/c1-5-13-26-16(3)15(2)21(31(28,29)20-11-9-19(30-4)10-12-20)22(26)25-23(27)17-7-6-8-18(24)14-17/h6-12,14H,5,13H2,1-4H3,(H,25,27). The number of halogens is 1. The van der Waals surface area contributed by atoms with Crippen LogP contribution in [-0.4, -0.2) is 26.0 Å². The van der Waals surface area contributed by atoms with Gasteiger partial charge in [0.1, 0.15) is 22.3 Å². The van der Waals surface area contributed by atoms with Crippen LogP contribution in [0.5, 0.6) is 5.75 Å². The van der Waals surface area contributed by atoms with Crippen LogP contribution in [0, 0.1) is 19.7 Å². The summed E-state index contributed by atoms with van der Waals surface area (Å²) in [5.74, 6) is -0.410. The van der Waals surface area contributed by atoms with E-state index in [1.165, 1.54) is 37.4 Å². The van der Waals surface area contributed by atoms with Crippen molar-refractivity contribution in [2.75, 3.05) is 12.4 Å². The van der Waals surface area contributed by atoms with E-state index >= 15 is 0 Å². The zero-order valence-corrected chi connectivity index (χ0v) is 18.7. The summed E-state index contributed by atoms with van der Waals surface area (Å²) in [6, 6.07) is 11.3. The lowest BCUT2D eigenvalue weighted by molar-refractivity contribution is 0.102. The number of rotatable bonds is 7. The summed E-state index contributed by atoms with van der Waals surface area (Å²) in [5.41, 5.74) is 1.40. The highest BCUT2D eigenvalue weighted by Gasteiger charge is 2.30. The fourth-order valence-corrected chi connectivity index (χ4v) is 5.17. The number of nitrogens with zero attached hydrogens (tertiary/aromatic N) is 1. The number of sulfone groups is 1. The number of methoxy groups -OCH3 is 1. The van der Waals surface area contributed by atoms with Gasteiger partial charge in [0, 0.05) is 17.8 Å². The minimum atomic E-state index is -3.95. The zero-order valence-electron chi connectivity index (χ0n) is 17.9. The normalized spacial score (nSPS) is 11.4. The van der Waals surface area contributed by atoms with Gasteiger partial charge in [-0.1, -0.05) is 13.0 Å². The van der Waals surface area contributed by atoms with E-state index in [1.807, 2.05) is 13.8 Å². The van der Waals surface area contributed by atoms with E-state index in [0.717, 1.165) is 18.2 Å². The summed E-state index contributed by atoms with van der Waals surface area (Å²) >= 11 is 0. The molecule has 3 rings (SSSR count). The molecule has 0 saturated carbocycles. The number of hydrogen-bond donors (Lipinski definition) is 1. The molecule has 0 unspecified atom stereocenters. The summed E-state index contributed by atoms with van der Waals surface area (Å²) in [6.45, 7) is 6.01. The van der Waals surface area contributed by atoms with Gasteiger partial charge in [-0.05, 0) is 68.3 Å². The number of nitrogens with one attached hydrogen (secondary N) is 1. The van der Waals surface area contributed by atoms with Gasteiger partial charge >= 0.3 is 0 Å². The number of benzene rings is 2. The molecule has 2 aromatic carbocycles. The van der Waals surface area contributed by atoms with E-state index in [-0.39, 0.29) is 21.2 Å². The van der Waals surface area contributed by atoms with Gasteiger partial charge in [-0.3, -0.25) is 4.79 Å². The third-order valence-corrected chi connectivity index (χ3v) is 7.11. The van der Waals surface area contributed by atoms with Crippen molar-refractivity contribution in [1.29, 1.82) is 0 Å². The highest BCUT2D eigenvalue weighted by molar-refractivity contribution is 7.91. The molecule has 0 aliphatic rings. The largest absolute Gasteiger partial charge is 0.497 e. The number of carbonyl (C=O) groups excluding carboxylic acids is 1. The molecule has 1 heterocycles. The Morgan fingerprint density at radius 2 is 1.81 bits per heavy atom. The molecule has 0 spiro atoms. The summed E-state index contributed by atoms with van der Waals surface area (Å²) in [7, 11) is -2.44. The van der Waals surface area contributed by atoms with Crippen LogP contribution in [0.3, 0.4) is 0 Å². The first-order valence-electron chi connectivity index (χ1n) is 9.86. The Hall–Kier alpha value is -3.13. The Morgan fingerprint density at radius 3 is 2.39 bits per heavy atom. The maximum atomic E-state index is 13.6. The lowest BCUT2D eigenvalue weighted by Gasteiger charge is -2.14. The summed E-state index contributed by atoms with van der Waals surface area (Å²) in [4.78, 5) is 13.0. The molecule has 0 fully saturated rings. The Morgan fingerprint density at radius 1 is 1.13 bits per heavy atom. The molecule has 0 aliphatic carbocycles. The molecule has 0 aliphatic heterocycles. The van der Waals surface area contributed by atoms with Crippen LogP contribution in [-0.2, 0) is 16.4 Å². The second-order valence-corrected chi connectivity index (χ2v) is 9.07. The van der Waals surface area contributed by atoms with Gasteiger partial charge in [0.15, 0.2) is 0 Å². The second kappa shape index (κ2) is 8.93. The first-order chi connectivity index (χ1) is 14.7. The van der Waals surface area contributed by atoms with Crippen LogP contribution in [0.1, 0.15) is 35.0 Å². The highest BCUT2D eigenvalue weighted by Crippen LogP contribution is 2.36. The number of amides is 1. The molecule has 1 aromatic heterocycles. The number of aromatic nitrogens is 1. The Balaban J connectivity index is 2.15. The number of anilines is 1. The van der Waals surface area contributed by atoms with E-state index in [0.29, 0.717) is 17.9 Å². The smallest absolute Gasteiger partial charge is 0.256 e. The van der Waals surface area contributed by atoms with Crippen molar-refractivity contribution in [3.05, 3.63) is 71.2 Å². The van der Waals surface area contributed by atoms with E-state index in [1.54, 1.807) is 23.6 Å². The van der Waals surface area contributed by atoms with E-state index in [2.05, 4.69) is 5.32 Å². The molecule has 8 heteroatoms. The van der Waals surface area contributed by atoms with E-state index in [9.17, 15) is 17.6 Å². The molecular weight excluding hydrogens is 419 g/mol. The third kappa shape index (κ3) is 4.34. The molecule has 0 radical (unpaired) electrons. The molecule has 3 aromatic rings. The van der Waals surface area contributed by atoms with Crippen LogP contribution in [0.2, 0.25) is 0 Å². The summed E-state index contributed by atoms with van der Waals surface area (Å²) in [5, 5.41) is 2.72. The van der Waals surface area contributed by atoms with Crippen molar-refractivity contribution >= 4 is 21.6 Å². The van der Waals surface area contributed by atoms with Gasteiger partial charge in [-0.2, -0.15) is 0 Å². The van der Waals surface area contributed by atoms with Crippen molar-refractivity contribution < 1.29 is 22.3 Å². The third-order valence-electron chi connectivity index (χ3n) is 5.18. The average molecular weight is 445 g/mol. The average Bonchev–Trinajstić information content (AvgIpc) is 2.98. The number of hydrogen-bond acceptors (Lipinski definition) is 4. The topological polar surface area (TPSA) is 77.4 Å². The van der Waals surface area contributed by atoms with Crippen LogP contribution >= 0.6 is 0 Å². The molecule has 164 valence electrons. The predicted molar refractivity (Wildman–Crippen MR) is 117 cm³/mol. The maximum absolute atomic E-state index is 13.6. The van der Waals surface area contributed by atoms with E-state index in [4.69, 9.17) is 4.74 Å². The highest BCUT2D eigenvalue weighted by atomic mass is 32.2. The van der Waals surface area contributed by atoms with Crippen molar-refractivity contribution in [2.45, 2.75) is 43.5 Å². The van der Waals surface area contributed by atoms with Gasteiger partial charge in [0.25, 0.3) is 5.91 Å². The molecule has 1 N–H and O–H groups in total. The lowest BCUT2D eigenvalue weighted by Crippen LogP contribution is -2.18. The van der Waals surface area contributed by atoms with Gasteiger partial charge in [-0.15, -0.1) is 0 Å². The quantitative estimate of drug-likeness (QED) is 0.571. The minimum absolute atomic E-state index is 0.0355. The molecule has 0 atom stereocenters. The predicted octanol–water partition coefficient (Wildman–Crippen LogP) is 4.75. The Labute approximate surface area is 181 Å². The molecular formula is C23H25FN2O4S. The fraction of sp³-hybridized carbons (Fsp3) is 0.261. The Bertz CT molecular complexity index is 1220. The van der Waals surface area contributed by atoms with Gasteiger partial charge < -0.3 is 14.6 Å². The molecule has 1 amide bonds. The minimum Gasteiger partial charge on any atom is -0.497 e. The van der Waals surface area contributed by atoms with Gasteiger partial charge in [0.05, 0.1) is 12.0 Å². The van der Waals surface area contributed by atoms with E-state index < -0.39 is 21.6 Å². The maximum Gasteiger partial charge on any atom is 0.256 e. The zero-order chi connectivity index (χ0) is 22.8. The van der Waals surface area contributed by atoms with Crippen LogP contribution in [0.15, 0.2) is 58.3 Å².